The lowest BCUT2D eigenvalue weighted by molar-refractivity contribution is -0.131. The monoisotopic (exact) mass is 286 g/mol. The number of carbonyl (C=O) groups is 1. The highest BCUT2D eigenvalue weighted by atomic mass is 35.5. The molecule has 5 heteroatoms. The van der Waals surface area contributed by atoms with Gasteiger partial charge in [-0.15, -0.1) is 0 Å². The first-order valence-electron chi connectivity index (χ1n) is 6.02. The molecule has 2 rings (SSSR count). The van der Waals surface area contributed by atoms with Crippen molar-refractivity contribution in [3.63, 3.8) is 0 Å². The van der Waals surface area contributed by atoms with E-state index in [-0.39, 0.29) is 12.3 Å². The third kappa shape index (κ3) is 3.16. The smallest absolute Gasteiger partial charge is 0.227 e. The molecule has 1 fully saturated rings. The molecule has 1 aliphatic rings. The minimum absolute atomic E-state index is 0.0818. The van der Waals surface area contributed by atoms with Crippen LogP contribution >= 0.6 is 23.2 Å². The Morgan fingerprint density at radius 1 is 1.44 bits per heavy atom. The van der Waals surface area contributed by atoms with Crippen molar-refractivity contribution in [2.45, 2.75) is 19.4 Å². The number of nitrogens with zero attached hydrogens (tertiary/aromatic N) is 1. The Bertz CT molecular complexity index is 430. The number of halogens is 2. The van der Waals surface area contributed by atoms with E-state index < -0.39 is 0 Å². The molecule has 1 atom stereocenters. The number of hydrogen-bond donors (Lipinski definition) is 1. The fourth-order valence-electron chi connectivity index (χ4n) is 2.12. The lowest BCUT2D eigenvalue weighted by atomic mass is 10.1. The van der Waals surface area contributed by atoms with Crippen LogP contribution in [-0.4, -0.2) is 36.5 Å². The molecule has 0 spiro atoms. The van der Waals surface area contributed by atoms with Crippen LogP contribution in [0.2, 0.25) is 10.0 Å². The minimum atomic E-state index is 0.0818. The molecular formula is C13H16Cl2N2O. The molecule has 1 aromatic carbocycles. The normalized spacial score (nSPS) is 19.9. The molecule has 0 saturated carbocycles. The van der Waals surface area contributed by atoms with E-state index in [2.05, 4.69) is 12.2 Å². The molecule has 1 saturated heterocycles. The van der Waals surface area contributed by atoms with E-state index >= 15 is 0 Å². The summed E-state index contributed by atoms with van der Waals surface area (Å²) in [5.74, 6) is 0.0818. The van der Waals surface area contributed by atoms with Crippen molar-refractivity contribution in [1.29, 1.82) is 0 Å². The highest BCUT2D eigenvalue weighted by molar-refractivity contribution is 6.36. The van der Waals surface area contributed by atoms with Crippen molar-refractivity contribution in [2.24, 2.45) is 0 Å². The molecule has 0 aliphatic carbocycles. The van der Waals surface area contributed by atoms with Gasteiger partial charge in [0.2, 0.25) is 5.91 Å². The fraction of sp³-hybridized carbons (Fsp3) is 0.462. The van der Waals surface area contributed by atoms with Gasteiger partial charge in [-0.1, -0.05) is 29.3 Å². The van der Waals surface area contributed by atoms with Crippen LogP contribution in [0.5, 0.6) is 0 Å². The minimum Gasteiger partial charge on any atom is -0.340 e. The van der Waals surface area contributed by atoms with Crippen molar-refractivity contribution in [1.82, 2.24) is 10.2 Å². The number of rotatable bonds is 2. The van der Waals surface area contributed by atoms with Crippen LogP contribution in [0, 0.1) is 0 Å². The Morgan fingerprint density at radius 3 is 2.72 bits per heavy atom. The Labute approximate surface area is 117 Å². The first-order valence-corrected chi connectivity index (χ1v) is 6.77. The molecule has 0 aromatic heterocycles. The Kier molecular flexibility index (Phi) is 4.49. The number of piperazine rings is 1. The molecule has 1 aromatic rings. The van der Waals surface area contributed by atoms with Crippen molar-refractivity contribution in [3.05, 3.63) is 33.8 Å². The summed E-state index contributed by atoms with van der Waals surface area (Å²) in [5, 5.41) is 4.42. The summed E-state index contributed by atoms with van der Waals surface area (Å²) in [6.45, 7) is 4.39. The molecule has 3 nitrogen and oxygen atoms in total. The van der Waals surface area contributed by atoms with Crippen LogP contribution < -0.4 is 5.32 Å². The predicted octanol–water partition coefficient (Wildman–Crippen LogP) is 2.36. The second kappa shape index (κ2) is 5.91. The molecule has 1 heterocycles. The van der Waals surface area contributed by atoms with Gasteiger partial charge >= 0.3 is 0 Å². The molecule has 1 aliphatic heterocycles. The van der Waals surface area contributed by atoms with Crippen molar-refractivity contribution in [2.75, 3.05) is 19.6 Å². The van der Waals surface area contributed by atoms with E-state index in [0.717, 1.165) is 25.2 Å². The molecule has 1 N–H and O–H groups in total. The first kappa shape index (κ1) is 13.7. The summed E-state index contributed by atoms with van der Waals surface area (Å²) in [5.41, 5.74) is 0.719. The molecule has 0 bridgehead atoms. The average Bonchev–Trinajstić information content (AvgIpc) is 2.34. The van der Waals surface area contributed by atoms with E-state index in [0.29, 0.717) is 16.1 Å². The second-order valence-electron chi connectivity index (χ2n) is 4.57. The third-order valence-electron chi connectivity index (χ3n) is 3.11. The number of benzene rings is 1. The van der Waals surface area contributed by atoms with E-state index in [1.54, 1.807) is 18.2 Å². The number of amides is 1. The highest BCUT2D eigenvalue weighted by Crippen LogP contribution is 2.25. The molecule has 98 valence electrons. The number of hydrogen-bond acceptors (Lipinski definition) is 2. The predicted molar refractivity (Wildman–Crippen MR) is 74.2 cm³/mol. The van der Waals surface area contributed by atoms with Crippen LogP contribution in [0.15, 0.2) is 18.2 Å². The summed E-state index contributed by atoms with van der Waals surface area (Å²) in [6.07, 6.45) is 0.269. The van der Waals surface area contributed by atoms with Crippen LogP contribution in [-0.2, 0) is 11.2 Å². The Morgan fingerprint density at radius 2 is 2.11 bits per heavy atom. The largest absolute Gasteiger partial charge is 0.340 e. The maximum atomic E-state index is 12.2. The summed E-state index contributed by atoms with van der Waals surface area (Å²) in [4.78, 5) is 14.1. The van der Waals surface area contributed by atoms with Crippen LogP contribution in [0.3, 0.4) is 0 Å². The van der Waals surface area contributed by atoms with Gasteiger partial charge in [-0.25, -0.2) is 0 Å². The van der Waals surface area contributed by atoms with Crippen LogP contribution in [0.4, 0.5) is 0 Å². The SMILES string of the molecule is CC1CN(C(=O)Cc2c(Cl)cccc2Cl)CCN1. The Hall–Kier alpha value is -0.770. The van der Waals surface area contributed by atoms with Gasteiger partial charge in [-0.2, -0.15) is 0 Å². The standard InChI is InChI=1S/C13H16Cl2N2O/c1-9-8-17(6-5-16-9)13(18)7-10-11(14)3-2-4-12(10)15/h2-4,9,16H,5-8H2,1H3. The number of nitrogens with one attached hydrogen (secondary N) is 1. The number of carbonyl (C=O) groups excluding carboxylic acids is 1. The van der Waals surface area contributed by atoms with Crippen molar-refractivity contribution < 1.29 is 4.79 Å². The maximum Gasteiger partial charge on any atom is 0.227 e. The lowest BCUT2D eigenvalue weighted by Gasteiger charge is -2.32. The molecule has 0 radical (unpaired) electrons. The van der Waals surface area contributed by atoms with Crippen LogP contribution in [0.1, 0.15) is 12.5 Å². The van der Waals surface area contributed by atoms with Gasteiger partial charge in [0.15, 0.2) is 0 Å². The summed E-state index contributed by atoms with van der Waals surface area (Å²) in [7, 11) is 0. The van der Waals surface area contributed by atoms with E-state index in [9.17, 15) is 4.79 Å². The lowest BCUT2D eigenvalue weighted by Crippen LogP contribution is -2.51. The van der Waals surface area contributed by atoms with Gasteiger partial charge in [0.25, 0.3) is 0 Å². The van der Waals surface area contributed by atoms with E-state index in [1.807, 2.05) is 4.90 Å². The van der Waals surface area contributed by atoms with Crippen molar-refractivity contribution >= 4 is 29.1 Å². The van der Waals surface area contributed by atoms with Gasteiger partial charge in [-0.05, 0) is 24.6 Å². The third-order valence-corrected chi connectivity index (χ3v) is 3.82. The maximum absolute atomic E-state index is 12.2. The van der Waals surface area contributed by atoms with Crippen LogP contribution in [0.25, 0.3) is 0 Å². The summed E-state index contributed by atoms with van der Waals surface area (Å²) >= 11 is 12.1. The molecular weight excluding hydrogens is 271 g/mol. The van der Waals surface area contributed by atoms with Gasteiger partial charge < -0.3 is 10.2 Å². The fourth-order valence-corrected chi connectivity index (χ4v) is 2.65. The molecule has 1 unspecified atom stereocenters. The zero-order valence-electron chi connectivity index (χ0n) is 10.2. The first-order chi connectivity index (χ1) is 8.58. The van der Waals surface area contributed by atoms with E-state index in [4.69, 9.17) is 23.2 Å². The van der Waals surface area contributed by atoms with Crippen molar-refractivity contribution in [3.8, 4) is 0 Å². The van der Waals surface area contributed by atoms with Gasteiger partial charge in [0, 0.05) is 35.7 Å². The zero-order chi connectivity index (χ0) is 13.1. The molecule has 18 heavy (non-hydrogen) atoms. The topological polar surface area (TPSA) is 32.3 Å². The van der Waals surface area contributed by atoms with Gasteiger partial charge in [0.1, 0.15) is 0 Å². The molecule has 1 amide bonds. The second-order valence-corrected chi connectivity index (χ2v) is 5.39. The summed E-state index contributed by atoms with van der Waals surface area (Å²) in [6, 6.07) is 5.64. The van der Waals surface area contributed by atoms with E-state index in [1.165, 1.54) is 0 Å². The summed E-state index contributed by atoms with van der Waals surface area (Å²) < 4.78 is 0. The quantitative estimate of drug-likeness (QED) is 0.905. The highest BCUT2D eigenvalue weighted by Gasteiger charge is 2.21. The van der Waals surface area contributed by atoms with Gasteiger partial charge in [-0.3, -0.25) is 4.79 Å². The van der Waals surface area contributed by atoms with Gasteiger partial charge in [0.05, 0.1) is 6.42 Å². The Balaban J connectivity index is 2.07. The zero-order valence-corrected chi connectivity index (χ0v) is 11.8. The average molecular weight is 287 g/mol.